The van der Waals surface area contributed by atoms with Crippen LogP contribution in [0.1, 0.15) is 78.6 Å². The molecule has 0 aromatic carbocycles. The largest absolute Gasteiger partial charge is 0.393 e. The molecule has 5 rings (SSSR count). The van der Waals surface area contributed by atoms with E-state index in [9.17, 15) is 10.2 Å². The van der Waals surface area contributed by atoms with Gasteiger partial charge in [-0.3, -0.25) is 0 Å². The van der Waals surface area contributed by atoms with Crippen molar-refractivity contribution in [2.24, 2.45) is 28.1 Å². The third-order valence-corrected chi connectivity index (χ3v) is 10.2. The molecule has 6 atom stereocenters. The Bertz CT molecular complexity index is 780. The molecule has 4 fully saturated rings. The maximum atomic E-state index is 12.3. The van der Waals surface area contributed by atoms with E-state index in [4.69, 9.17) is 9.47 Å². The maximum absolute atomic E-state index is 12.3. The molecule has 3 saturated carbocycles. The normalized spacial score (nSPS) is 48.2. The summed E-state index contributed by atoms with van der Waals surface area (Å²) in [5.41, 5.74) is 0.396. The highest BCUT2D eigenvalue weighted by atomic mass is 79.9. The van der Waals surface area contributed by atoms with Crippen molar-refractivity contribution in [3.63, 3.8) is 0 Å². The highest BCUT2D eigenvalue weighted by Gasteiger charge is 2.66. The second-order valence-corrected chi connectivity index (χ2v) is 12.8. The van der Waals surface area contributed by atoms with Crippen molar-refractivity contribution in [2.45, 2.75) is 96.1 Å². The molecule has 1 unspecified atom stereocenters. The lowest BCUT2D eigenvalue weighted by atomic mass is 9.45. The van der Waals surface area contributed by atoms with E-state index in [1.54, 1.807) is 0 Å². The third kappa shape index (κ3) is 3.28. The number of hydrogen-bond acceptors (Lipinski definition) is 4. The number of hydrogen-bond donors (Lipinski definition) is 2. The monoisotopic (exact) mass is 494 g/mol. The lowest BCUT2D eigenvalue weighted by Gasteiger charge is -2.64. The second kappa shape index (κ2) is 7.40. The summed E-state index contributed by atoms with van der Waals surface area (Å²) < 4.78 is 12.7. The smallest absolute Gasteiger partial charge is 0.171 e. The van der Waals surface area contributed by atoms with Gasteiger partial charge in [0.2, 0.25) is 0 Å². The number of halogens is 1. The third-order valence-electron chi connectivity index (χ3n) is 9.82. The minimum atomic E-state index is -0.827. The molecule has 0 aromatic heterocycles. The predicted molar refractivity (Wildman–Crippen MR) is 125 cm³/mol. The van der Waals surface area contributed by atoms with Gasteiger partial charge in [-0.2, -0.15) is 0 Å². The summed E-state index contributed by atoms with van der Waals surface area (Å²) >= 11 is 3.48. The van der Waals surface area contributed by atoms with E-state index >= 15 is 0 Å². The Kier molecular flexibility index (Phi) is 5.39. The van der Waals surface area contributed by atoms with Crippen LogP contribution in [-0.2, 0) is 9.47 Å². The molecule has 1 spiro atoms. The van der Waals surface area contributed by atoms with Gasteiger partial charge in [-0.25, -0.2) is 0 Å². The van der Waals surface area contributed by atoms with Gasteiger partial charge in [0.05, 0.1) is 24.9 Å². The van der Waals surface area contributed by atoms with Crippen LogP contribution in [0.3, 0.4) is 0 Å². The first-order chi connectivity index (χ1) is 14.6. The Morgan fingerprint density at radius 1 is 1.10 bits per heavy atom. The number of aliphatic hydroxyl groups excluding tert-OH is 1. The van der Waals surface area contributed by atoms with E-state index in [1.165, 1.54) is 5.57 Å². The molecule has 1 saturated heterocycles. The highest BCUT2D eigenvalue weighted by molar-refractivity contribution is 9.11. The zero-order valence-electron chi connectivity index (χ0n) is 19.3. The van der Waals surface area contributed by atoms with Gasteiger partial charge in [-0.05, 0) is 61.8 Å². The molecule has 4 nitrogen and oxygen atoms in total. The van der Waals surface area contributed by atoms with Crippen LogP contribution in [0.5, 0.6) is 0 Å². The van der Waals surface area contributed by atoms with Crippen LogP contribution in [0, 0.1) is 28.1 Å². The first kappa shape index (κ1) is 22.6. The van der Waals surface area contributed by atoms with Crippen LogP contribution in [0.4, 0.5) is 0 Å². The molecule has 5 heteroatoms. The summed E-state index contributed by atoms with van der Waals surface area (Å²) in [4.78, 5) is 1.94. The summed E-state index contributed by atoms with van der Waals surface area (Å²) in [6.45, 7) is 8.00. The number of aliphatic hydroxyl groups is 2. The Labute approximate surface area is 195 Å². The SMILES string of the molecule is CC1(C)COC2(CC[C@]3(CC=CBr)C4=CC[C@]5(C)[C@@H](O)CC[C@H]5[C@@H]4CCC3(O)C2)OC1. The van der Waals surface area contributed by atoms with Crippen molar-refractivity contribution >= 4 is 15.9 Å². The highest BCUT2D eigenvalue weighted by Crippen LogP contribution is 2.68. The standard InChI is InChI=1S/C26H39BrO4/c1-22(2)16-30-26(31-17-22)13-12-24(9-4-14-27)20-8-10-23(3)19(5-6-21(23)28)18(20)7-11-25(24,29)15-26/h4,8,14,18-19,21,28-29H,5-7,9-13,15-17H2,1-3H3/t18-,19-,21-,23-,24+,25?/m0/s1. The molecular formula is C26H39BrO4. The topological polar surface area (TPSA) is 58.9 Å². The summed E-state index contributed by atoms with van der Waals surface area (Å²) in [5, 5.41) is 23.1. The van der Waals surface area contributed by atoms with Crippen molar-refractivity contribution < 1.29 is 19.7 Å². The van der Waals surface area contributed by atoms with Crippen LogP contribution in [0.25, 0.3) is 0 Å². The maximum Gasteiger partial charge on any atom is 0.171 e. The molecule has 0 aromatic rings. The molecule has 31 heavy (non-hydrogen) atoms. The van der Waals surface area contributed by atoms with Crippen LogP contribution in [0.2, 0.25) is 0 Å². The van der Waals surface area contributed by atoms with Gasteiger partial charge in [0, 0.05) is 29.1 Å². The van der Waals surface area contributed by atoms with Crippen LogP contribution in [0.15, 0.2) is 22.7 Å². The molecule has 5 aliphatic rings. The second-order valence-electron chi connectivity index (χ2n) is 12.2. The first-order valence-corrected chi connectivity index (χ1v) is 13.1. The molecule has 2 N–H and O–H groups in total. The van der Waals surface area contributed by atoms with E-state index in [0.29, 0.717) is 31.5 Å². The van der Waals surface area contributed by atoms with Gasteiger partial charge in [-0.15, -0.1) is 0 Å². The van der Waals surface area contributed by atoms with E-state index in [-0.39, 0.29) is 22.3 Å². The molecule has 174 valence electrons. The van der Waals surface area contributed by atoms with Gasteiger partial charge in [0.25, 0.3) is 0 Å². The Morgan fingerprint density at radius 3 is 2.55 bits per heavy atom. The molecular weight excluding hydrogens is 456 g/mol. The van der Waals surface area contributed by atoms with E-state index in [1.807, 2.05) is 4.99 Å². The average Bonchev–Trinajstić information content (AvgIpc) is 3.04. The summed E-state index contributed by atoms with van der Waals surface area (Å²) in [6, 6.07) is 0. The fourth-order valence-corrected chi connectivity index (χ4v) is 8.10. The molecule has 0 radical (unpaired) electrons. The van der Waals surface area contributed by atoms with Gasteiger partial charge in [0.1, 0.15) is 0 Å². The summed E-state index contributed by atoms with van der Waals surface area (Å²) in [7, 11) is 0. The number of rotatable bonds is 2. The predicted octanol–water partition coefficient (Wildman–Crippen LogP) is 5.47. The molecule has 0 amide bonds. The van der Waals surface area contributed by atoms with Crippen LogP contribution >= 0.6 is 15.9 Å². The van der Waals surface area contributed by atoms with Gasteiger partial charge < -0.3 is 19.7 Å². The Balaban J connectivity index is 1.51. The molecule has 4 aliphatic carbocycles. The van der Waals surface area contributed by atoms with Crippen molar-refractivity contribution in [1.29, 1.82) is 0 Å². The minimum Gasteiger partial charge on any atom is -0.393 e. The van der Waals surface area contributed by atoms with Gasteiger partial charge >= 0.3 is 0 Å². The lowest BCUT2D eigenvalue weighted by molar-refractivity contribution is -0.343. The molecule has 1 aliphatic heterocycles. The van der Waals surface area contributed by atoms with Crippen molar-refractivity contribution in [3.05, 3.63) is 22.7 Å². The summed E-state index contributed by atoms with van der Waals surface area (Å²) in [6.07, 6.45) is 12.2. The van der Waals surface area contributed by atoms with Gasteiger partial charge in [0.15, 0.2) is 5.79 Å². The molecule has 0 bridgehead atoms. The van der Waals surface area contributed by atoms with Crippen molar-refractivity contribution in [3.8, 4) is 0 Å². The van der Waals surface area contributed by atoms with E-state index < -0.39 is 11.4 Å². The van der Waals surface area contributed by atoms with Crippen molar-refractivity contribution in [2.75, 3.05) is 13.2 Å². The van der Waals surface area contributed by atoms with Crippen molar-refractivity contribution in [1.82, 2.24) is 0 Å². The van der Waals surface area contributed by atoms with Crippen LogP contribution in [-0.4, -0.2) is 40.9 Å². The van der Waals surface area contributed by atoms with E-state index in [0.717, 1.165) is 51.4 Å². The Morgan fingerprint density at radius 2 is 1.84 bits per heavy atom. The quantitative estimate of drug-likeness (QED) is 0.499. The minimum absolute atomic E-state index is 0.00681. The van der Waals surface area contributed by atoms with Gasteiger partial charge in [-0.1, -0.05) is 54.4 Å². The van der Waals surface area contributed by atoms with E-state index in [2.05, 4.69) is 48.9 Å². The number of allylic oxidation sites excluding steroid dienone is 2. The fraction of sp³-hybridized carbons (Fsp3) is 0.846. The average molecular weight is 495 g/mol. The Hall–Kier alpha value is -0.200. The zero-order chi connectivity index (χ0) is 22.1. The number of ether oxygens (including phenoxy) is 2. The number of fused-ring (bicyclic) bond motifs is 5. The van der Waals surface area contributed by atoms with Crippen LogP contribution < -0.4 is 0 Å². The lowest BCUT2D eigenvalue weighted by Crippen LogP contribution is -2.65. The first-order valence-electron chi connectivity index (χ1n) is 12.2. The fourth-order valence-electron chi connectivity index (χ4n) is 7.91. The molecule has 1 heterocycles. The zero-order valence-corrected chi connectivity index (χ0v) is 20.9. The summed E-state index contributed by atoms with van der Waals surface area (Å²) in [5.74, 6) is 0.350.